The van der Waals surface area contributed by atoms with Crippen LogP contribution in [0.3, 0.4) is 0 Å². The van der Waals surface area contributed by atoms with Gasteiger partial charge in [-0.15, -0.1) is 0 Å². The molecule has 6 nitrogen and oxygen atoms in total. The number of nitrogens with zero attached hydrogens (tertiary/aromatic N) is 3. The first-order valence-corrected chi connectivity index (χ1v) is 6.28. The van der Waals surface area contributed by atoms with Crippen LogP contribution in [-0.4, -0.2) is 26.3 Å². The number of rotatable bonds is 3. The number of hydrogen-bond acceptors (Lipinski definition) is 5. The number of ether oxygens (including phenoxy) is 1. The molecule has 0 amide bonds. The Labute approximate surface area is 117 Å². The van der Waals surface area contributed by atoms with Crippen LogP contribution in [0, 0.1) is 0 Å². The highest BCUT2D eigenvalue weighted by molar-refractivity contribution is 5.96. The van der Waals surface area contributed by atoms with Crippen LogP contribution in [0.2, 0.25) is 0 Å². The van der Waals surface area contributed by atoms with Crippen molar-refractivity contribution in [3.8, 4) is 0 Å². The summed E-state index contributed by atoms with van der Waals surface area (Å²) < 4.78 is 7.04. The Morgan fingerprint density at radius 1 is 1.35 bits per heavy atom. The van der Waals surface area contributed by atoms with Crippen LogP contribution in [0.4, 0.5) is 11.4 Å². The van der Waals surface area contributed by atoms with E-state index in [1.54, 1.807) is 23.1 Å². The molecule has 1 N–H and O–H groups in total. The standard InChI is InChI=1S/C14H18N4O2/c1-14(2,3)20-13(19)11-8-15-6-5-12(11)17-10-7-16-18(4)9-10/h5-9H,1-4H3,(H,15,17). The Bertz CT molecular complexity index is 614. The van der Waals surface area contributed by atoms with Gasteiger partial charge in [0, 0.05) is 25.6 Å². The van der Waals surface area contributed by atoms with Crippen LogP contribution in [0.1, 0.15) is 31.1 Å². The van der Waals surface area contributed by atoms with Crippen molar-refractivity contribution in [2.75, 3.05) is 5.32 Å². The molecule has 20 heavy (non-hydrogen) atoms. The fourth-order valence-electron chi connectivity index (χ4n) is 1.64. The van der Waals surface area contributed by atoms with E-state index in [2.05, 4.69) is 15.4 Å². The summed E-state index contributed by atoms with van der Waals surface area (Å²) in [5, 5.41) is 7.20. The average Bonchev–Trinajstić information content (AvgIpc) is 2.73. The first-order valence-electron chi connectivity index (χ1n) is 6.28. The largest absolute Gasteiger partial charge is 0.456 e. The molecule has 0 fully saturated rings. The third-order valence-corrected chi connectivity index (χ3v) is 2.42. The molecule has 2 aromatic rings. The van der Waals surface area contributed by atoms with Gasteiger partial charge in [0.1, 0.15) is 11.2 Å². The molecule has 0 saturated heterocycles. The van der Waals surface area contributed by atoms with Gasteiger partial charge in [-0.3, -0.25) is 9.67 Å². The summed E-state index contributed by atoms with van der Waals surface area (Å²) in [7, 11) is 1.83. The maximum atomic E-state index is 12.2. The van der Waals surface area contributed by atoms with Crippen LogP contribution in [-0.2, 0) is 11.8 Å². The zero-order valence-electron chi connectivity index (χ0n) is 12.0. The molecule has 2 aromatic heterocycles. The highest BCUT2D eigenvalue weighted by Crippen LogP contribution is 2.22. The van der Waals surface area contributed by atoms with Crippen LogP contribution < -0.4 is 5.32 Å². The first-order chi connectivity index (χ1) is 9.35. The predicted molar refractivity (Wildman–Crippen MR) is 75.9 cm³/mol. The van der Waals surface area contributed by atoms with Gasteiger partial charge in [-0.05, 0) is 26.8 Å². The van der Waals surface area contributed by atoms with Gasteiger partial charge < -0.3 is 10.1 Å². The lowest BCUT2D eigenvalue weighted by Crippen LogP contribution is -2.24. The maximum Gasteiger partial charge on any atom is 0.342 e. The van der Waals surface area contributed by atoms with E-state index in [-0.39, 0.29) is 0 Å². The Morgan fingerprint density at radius 2 is 2.10 bits per heavy atom. The molecule has 106 valence electrons. The van der Waals surface area contributed by atoms with E-state index < -0.39 is 11.6 Å². The normalized spacial score (nSPS) is 11.2. The number of carbonyl (C=O) groups excluding carboxylic acids is 1. The zero-order chi connectivity index (χ0) is 14.8. The first kappa shape index (κ1) is 14.0. The zero-order valence-corrected chi connectivity index (χ0v) is 12.0. The Balaban J connectivity index is 2.24. The summed E-state index contributed by atoms with van der Waals surface area (Å²) in [4.78, 5) is 16.1. The van der Waals surface area contributed by atoms with Crippen molar-refractivity contribution < 1.29 is 9.53 Å². The summed E-state index contributed by atoms with van der Waals surface area (Å²) in [5.41, 5.74) is 1.29. The number of anilines is 2. The summed E-state index contributed by atoms with van der Waals surface area (Å²) in [6.45, 7) is 5.49. The molecule has 0 atom stereocenters. The highest BCUT2D eigenvalue weighted by Gasteiger charge is 2.20. The molecule has 0 bridgehead atoms. The smallest absolute Gasteiger partial charge is 0.342 e. The molecule has 6 heteroatoms. The van der Waals surface area contributed by atoms with E-state index in [1.807, 2.05) is 34.0 Å². The highest BCUT2D eigenvalue weighted by atomic mass is 16.6. The van der Waals surface area contributed by atoms with E-state index in [9.17, 15) is 4.79 Å². The van der Waals surface area contributed by atoms with E-state index in [1.165, 1.54) is 6.20 Å². The molecular formula is C14H18N4O2. The molecule has 0 aliphatic carbocycles. The van der Waals surface area contributed by atoms with Crippen molar-refractivity contribution in [3.05, 3.63) is 36.4 Å². The summed E-state index contributed by atoms with van der Waals surface area (Å²) in [6.07, 6.45) is 6.61. The molecule has 2 rings (SSSR count). The fraction of sp³-hybridized carbons (Fsp3) is 0.357. The molecule has 0 radical (unpaired) electrons. The van der Waals surface area contributed by atoms with Crippen molar-refractivity contribution in [1.82, 2.24) is 14.8 Å². The van der Waals surface area contributed by atoms with Crippen molar-refractivity contribution in [1.29, 1.82) is 0 Å². The molecule has 2 heterocycles. The van der Waals surface area contributed by atoms with Gasteiger partial charge in [0.25, 0.3) is 0 Å². The van der Waals surface area contributed by atoms with Crippen molar-refractivity contribution in [2.45, 2.75) is 26.4 Å². The second kappa shape index (κ2) is 5.32. The summed E-state index contributed by atoms with van der Waals surface area (Å²) in [5.74, 6) is -0.406. The van der Waals surface area contributed by atoms with E-state index in [0.717, 1.165) is 5.69 Å². The van der Waals surface area contributed by atoms with Crippen molar-refractivity contribution >= 4 is 17.3 Å². The van der Waals surface area contributed by atoms with Crippen molar-refractivity contribution in [3.63, 3.8) is 0 Å². The minimum atomic E-state index is -0.543. The average molecular weight is 274 g/mol. The van der Waals surface area contributed by atoms with E-state index in [4.69, 9.17) is 4.74 Å². The fourth-order valence-corrected chi connectivity index (χ4v) is 1.64. The molecule has 0 spiro atoms. The molecule has 0 aliphatic heterocycles. The summed E-state index contributed by atoms with van der Waals surface area (Å²) in [6, 6.07) is 1.73. The summed E-state index contributed by atoms with van der Waals surface area (Å²) >= 11 is 0. The third-order valence-electron chi connectivity index (χ3n) is 2.42. The van der Waals surface area contributed by atoms with Crippen LogP contribution >= 0.6 is 0 Å². The van der Waals surface area contributed by atoms with Crippen LogP contribution in [0.5, 0.6) is 0 Å². The number of carbonyl (C=O) groups is 1. The monoisotopic (exact) mass is 274 g/mol. The second-order valence-electron chi connectivity index (χ2n) is 5.45. The van der Waals surface area contributed by atoms with E-state index >= 15 is 0 Å². The van der Waals surface area contributed by atoms with Crippen LogP contribution in [0.15, 0.2) is 30.9 Å². The molecule has 0 unspecified atom stereocenters. The van der Waals surface area contributed by atoms with Gasteiger partial charge in [0.15, 0.2) is 0 Å². The van der Waals surface area contributed by atoms with Crippen molar-refractivity contribution in [2.24, 2.45) is 7.05 Å². The minimum absolute atomic E-state index is 0.395. The maximum absolute atomic E-state index is 12.2. The Morgan fingerprint density at radius 3 is 2.70 bits per heavy atom. The number of esters is 1. The van der Waals surface area contributed by atoms with Gasteiger partial charge in [0.05, 0.1) is 17.6 Å². The van der Waals surface area contributed by atoms with Gasteiger partial charge in [-0.25, -0.2) is 4.79 Å². The Hall–Kier alpha value is -2.37. The molecular weight excluding hydrogens is 256 g/mol. The number of pyridine rings is 1. The number of aromatic nitrogens is 3. The van der Waals surface area contributed by atoms with Gasteiger partial charge in [-0.2, -0.15) is 5.10 Å². The van der Waals surface area contributed by atoms with E-state index in [0.29, 0.717) is 11.3 Å². The minimum Gasteiger partial charge on any atom is -0.456 e. The molecule has 0 aliphatic rings. The third kappa shape index (κ3) is 3.57. The van der Waals surface area contributed by atoms with Gasteiger partial charge in [-0.1, -0.05) is 0 Å². The SMILES string of the molecule is Cn1cc(Nc2ccncc2C(=O)OC(C)(C)C)cn1. The Kier molecular flexibility index (Phi) is 3.74. The lowest BCUT2D eigenvalue weighted by Gasteiger charge is -2.20. The predicted octanol–water partition coefficient (Wildman–Crippen LogP) is 2.51. The number of hydrogen-bond donors (Lipinski definition) is 1. The number of nitrogens with one attached hydrogen (secondary N) is 1. The number of aryl methyl sites for hydroxylation is 1. The molecule has 0 aromatic carbocycles. The molecule has 0 saturated carbocycles. The lowest BCUT2D eigenvalue weighted by molar-refractivity contribution is 0.00703. The van der Waals surface area contributed by atoms with Gasteiger partial charge >= 0.3 is 5.97 Å². The topological polar surface area (TPSA) is 69.0 Å². The second-order valence-corrected chi connectivity index (χ2v) is 5.45. The quantitative estimate of drug-likeness (QED) is 0.871. The van der Waals surface area contributed by atoms with Crippen LogP contribution in [0.25, 0.3) is 0 Å². The van der Waals surface area contributed by atoms with Gasteiger partial charge in [0.2, 0.25) is 0 Å². The lowest BCUT2D eigenvalue weighted by atomic mass is 10.1.